The Labute approximate surface area is 395 Å². The molecule has 5 aromatic heterocycles. The monoisotopic (exact) mass is 902 g/mol. The molecule has 0 atom stereocenters. The van der Waals surface area contributed by atoms with Gasteiger partial charge in [0.1, 0.15) is 0 Å². The molecule has 326 valence electrons. The lowest BCUT2D eigenvalue weighted by Gasteiger charge is -2.08. The quantitative estimate of drug-likeness (QED) is 0.0760. The molecule has 5 heterocycles. The molecule has 0 aliphatic rings. The van der Waals surface area contributed by atoms with Gasteiger partial charge in [-0.1, -0.05) is 151 Å². The Kier molecular flexibility index (Phi) is 12.2. The van der Waals surface area contributed by atoms with Gasteiger partial charge in [-0.2, -0.15) is 0 Å². The van der Waals surface area contributed by atoms with E-state index in [-0.39, 0.29) is 0 Å². The fourth-order valence-electron chi connectivity index (χ4n) is 10.4. The van der Waals surface area contributed by atoms with Crippen molar-refractivity contribution < 1.29 is 0 Å². The van der Waals surface area contributed by atoms with E-state index in [4.69, 9.17) is 0 Å². The summed E-state index contributed by atoms with van der Waals surface area (Å²) in [6.07, 6.45) is 15.8. The van der Waals surface area contributed by atoms with Crippen molar-refractivity contribution in [2.45, 2.75) is 104 Å². The van der Waals surface area contributed by atoms with Crippen molar-refractivity contribution in [3.05, 3.63) is 146 Å². The Bertz CT molecular complexity index is 3210. The Morgan fingerprint density at radius 1 is 0.308 bits per heavy atom. The average Bonchev–Trinajstić information content (AvgIpc) is 4.20. The van der Waals surface area contributed by atoms with Crippen LogP contribution < -0.4 is 0 Å². The van der Waals surface area contributed by atoms with E-state index in [0.29, 0.717) is 0 Å². The molecule has 0 spiro atoms. The molecule has 0 aliphatic carbocycles. The molecule has 0 fully saturated rings. The number of aromatic nitrogens is 2. The Morgan fingerprint density at radius 3 is 1.12 bits per heavy atom. The third kappa shape index (κ3) is 8.26. The molecule has 0 saturated carbocycles. The highest BCUT2D eigenvalue weighted by atomic mass is 32.1. The number of hydrogen-bond acceptors (Lipinski definition) is 3. The van der Waals surface area contributed by atoms with Gasteiger partial charge < -0.3 is 9.13 Å². The minimum Gasteiger partial charge on any atom is -0.340 e. The molecule has 65 heavy (non-hydrogen) atoms. The van der Waals surface area contributed by atoms with Crippen LogP contribution in [0.3, 0.4) is 0 Å². The molecule has 11 aromatic rings. The molecule has 0 amide bonds. The second-order valence-electron chi connectivity index (χ2n) is 18.2. The SMILES string of the molecule is CCCCCCCCn1c2ccccc2c2cc(-c3ccc(-c4ccc5c(c4)sc4cc(-c6ccc(-c7ccc8c(c7)c7ccccc7n8CCCCCCCC)s6)ccc45)s3)ccc21. The number of fused-ring (bicyclic) bond motifs is 9. The summed E-state index contributed by atoms with van der Waals surface area (Å²) in [5.41, 5.74) is 10.6. The van der Waals surface area contributed by atoms with Crippen molar-refractivity contribution in [1.82, 2.24) is 9.13 Å². The first-order valence-electron chi connectivity index (χ1n) is 24.3. The van der Waals surface area contributed by atoms with Gasteiger partial charge in [0.05, 0.1) is 0 Å². The highest BCUT2D eigenvalue weighted by molar-refractivity contribution is 7.26. The van der Waals surface area contributed by atoms with Crippen molar-refractivity contribution in [3.63, 3.8) is 0 Å². The molecule has 2 nitrogen and oxygen atoms in total. The molecule has 0 bridgehead atoms. The van der Waals surface area contributed by atoms with E-state index in [0.717, 1.165) is 13.1 Å². The van der Waals surface area contributed by atoms with Crippen molar-refractivity contribution in [1.29, 1.82) is 0 Å². The smallest absolute Gasteiger partial charge is 0.0491 e. The van der Waals surface area contributed by atoms with Crippen LogP contribution in [-0.4, -0.2) is 9.13 Å². The lowest BCUT2D eigenvalue weighted by Crippen LogP contribution is -1.97. The number of benzene rings is 6. The van der Waals surface area contributed by atoms with E-state index in [1.807, 2.05) is 34.0 Å². The van der Waals surface area contributed by atoms with Crippen LogP contribution >= 0.6 is 34.0 Å². The first-order chi connectivity index (χ1) is 32.1. The Balaban J connectivity index is 0.826. The summed E-state index contributed by atoms with van der Waals surface area (Å²) in [5.74, 6) is 0. The minimum absolute atomic E-state index is 1.08. The lowest BCUT2D eigenvalue weighted by atomic mass is 10.1. The van der Waals surface area contributed by atoms with Gasteiger partial charge in [-0.25, -0.2) is 0 Å². The first-order valence-corrected chi connectivity index (χ1v) is 26.8. The maximum atomic E-state index is 2.56. The molecular formula is C60H58N2S3. The third-order valence-corrected chi connectivity index (χ3v) is 17.3. The second kappa shape index (κ2) is 18.8. The van der Waals surface area contributed by atoms with Gasteiger partial charge >= 0.3 is 0 Å². The fourth-order valence-corrected chi connectivity index (χ4v) is 13.6. The van der Waals surface area contributed by atoms with Crippen LogP contribution in [0.25, 0.3) is 106 Å². The number of thiophene rings is 3. The molecule has 0 aliphatic heterocycles. The summed E-state index contributed by atoms with van der Waals surface area (Å²) in [6, 6.07) is 55.7. The molecule has 0 saturated heterocycles. The minimum atomic E-state index is 1.08. The van der Waals surface area contributed by atoms with Gasteiger partial charge in [-0.3, -0.25) is 0 Å². The summed E-state index contributed by atoms with van der Waals surface area (Å²) in [5, 5.41) is 8.14. The van der Waals surface area contributed by atoms with Gasteiger partial charge in [0.25, 0.3) is 0 Å². The van der Waals surface area contributed by atoms with E-state index in [9.17, 15) is 0 Å². The number of hydrogen-bond donors (Lipinski definition) is 0. The predicted octanol–water partition coefficient (Wildman–Crippen LogP) is 19.8. The second-order valence-corrected chi connectivity index (χ2v) is 21.4. The largest absolute Gasteiger partial charge is 0.340 e. The molecule has 0 unspecified atom stereocenters. The maximum Gasteiger partial charge on any atom is 0.0491 e. The molecule has 0 N–H and O–H groups in total. The van der Waals surface area contributed by atoms with Gasteiger partial charge in [-0.05, 0) is 108 Å². The van der Waals surface area contributed by atoms with E-state index >= 15 is 0 Å². The highest BCUT2D eigenvalue weighted by Gasteiger charge is 2.16. The highest BCUT2D eigenvalue weighted by Crippen LogP contribution is 2.44. The molecule has 11 rings (SSSR count). The topological polar surface area (TPSA) is 9.86 Å². The number of aryl methyl sites for hydroxylation is 2. The zero-order chi connectivity index (χ0) is 43.7. The van der Waals surface area contributed by atoms with Crippen LogP contribution in [-0.2, 0) is 13.1 Å². The number of unbranched alkanes of at least 4 members (excludes halogenated alkanes) is 10. The average molecular weight is 903 g/mol. The lowest BCUT2D eigenvalue weighted by molar-refractivity contribution is 0.571. The Morgan fingerprint density at radius 2 is 0.677 bits per heavy atom. The molecular weight excluding hydrogens is 845 g/mol. The van der Waals surface area contributed by atoms with Crippen molar-refractivity contribution in [2.24, 2.45) is 0 Å². The van der Waals surface area contributed by atoms with Gasteiger partial charge in [0, 0.05) is 96.4 Å². The number of para-hydroxylation sites is 2. The molecule has 0 radical (unpaired) electrons. The number of nitrogens with zero attached hydrogens (tertiary/aromatic N) is 2. The van der Waals surface area contributed by atoms with E-state index in [2.05, 4.69) is 169 Å². The molecule has 5 heteroatoms. The standard InChI is InChI=1S/C60H58N2S3/c1-3-5-7-9-11-17-35-61-51-21-15-13-19-45(51)49-37-41(25-29-53(49)61)55-31-33-57(63-55)43-23-27-47-48-28-24-44(40-60(48)65-59(47)39-43)58-34-32-56(64-58)42-26-30-54-50(38-42)46-20-14-16-22-52(46)62(54)36-18-12-10-8-6-4-2/h13-16,19-34,37-40H,3-12,17-18,35-36H2,1-2H3. The van der Waals surface area contributed by atoms with Crippen LogP contribution in [0.15, 0.2) is 146 Å². The van der Waals surface area contributed by atoms with Crippen LogP contribution in [0, 0.1) is 0 Å². The van der Waals surface area contributed by atoms with Crippen LogP contribution in [0.4, 0.5) is 0 Å². The third-order valence-electron chi connectivity index (χ3n) is 13.8. The molecule has 6 aromatic carbocycles. The van der Waals surface area contributed by atoms with Crippen LogP contribution in [0.2, 0.25) is 0 Å². The van der Waals surface area contributed by atoms with E-state index < -0.39 is 0 Å². The summed E-state index contributed by atoms with van der Waals surface area (Å²) < 4.78 is 7.82. The normalized spacial score (nSPS) is 12.1. The van der Waals surface area contributed by atoms with Crippen molar-refractivity contribution >= 4 is 97.8 Å². The maximum absolute atomic E-state index is 2.56. The summed E-state index contributed by atoms with van der Waals surface area (Å²) >= 11 is 5.73. The fraction of sp³-hybridized carbons (Fsp3) is 0.267. The zero-order valence-electron chi connectivity index (χ0n) is 37.9. The summed E-state index contributed by atoms with van der Waals surface area (Å²) in [6.45, 7) is 6.75. The van der Waals surface area contributed by atoms with Crippen LogP contribution in [0.5, 0.6) is 0 Å². The summed E-state index contributed by atoms with van der Waals surface area (Å²) in [4.78, 5) is 5.28. The van der Waals surface area contributed by atoms with Gasteiger partial charge in [0.2, 0.25) is 0 Å². The Hall–Kier alpha value is -5.46. The van der Waals surface area contributed by atoms with E-state index in [1.54, 1.807) is 0 Å². The van der Waals surface area contributed by atoms with Crippen LogP contribution in [0.1, 0.15) is 90.9 Å². The van der Waals surface area contributed by atoms with Crippen molar-refractivity contribution in [2.75, 3.05) is 0 Å². The first kappa shape index (κ1) is 42.2. The van der Waals surface area contributed by atoms with Crippen molar-refractivity contribution in [3.8, 4) is 41.8 Å². The zero-order valence-corrected chi connectivity index (χ0v) is 40.3. The van der Waals surface area contributed by atoms with Gasteiger partial charge in [0.15, 0.2) is 0 Å². The predicted molar refractivity (Wildman–Crippen MR) is 290 cm³/mol. The summed E-state index contributed by atoms with van der Waals surface area (Å²) in [7, 11) is 0. The van der Waals surface area contributed by atoms with E-state index in [1.165, 1.54) is 183 Å². The van der Waals surface area contributed by atoms with Gasteiger partial charge in [-0.15, -0.1) is 34.0 Å². The number of rotatable bonds is 18.